The minimum absolute atomic E-state index is 0.124. The van der Waals surface area contributed by atoms with Gasteiger partial charge in [0, 0.05) is 15.5 Å². The van der Waals surface area contributed by atoms with Gasteiger partial charge >= 0.3 is 0 Å². The van der Waals surface area contributed by atoms with Crippen LogP contribution in [-0.4, -0.2) is 34.5 Å². The molecule has 1 fully saturated rings. The van der Waals surface area contributed by atoms with Crippen LogP contribution in [0.15, 0.2) is 51.4 Å². The second-order valence-corrected chi connectivity index (χ2v) is 9.15. The maximum atomic E-state index is 13.0. The Morgan fingerprint density at radius 2 is 1.86 bits per heavy atom. The van der Waals surface area contributed by atoms with Crippen LogP contribution in [0.3, 0.4) is 0 Å². The molecule has 6 nitrogen and oxygen atoms in total. The number of carbonyl (C=O) groups is 2. The molecule has 2 aromatic rings. The van der Waals surface area contributed by atoms with Crippen molar-refractivity contribution in [3.05, 3.63) is 62.5 Å². The van der Waals surface area contributed by atoms with E-state index in [9.17, 15) is 9.59 Å². The van der Waals surface area contributed by atoms with E-state index in [2.05, 4.69) is 31.9 Å². The first kappa shape index (κ1) is 21.8. The van der Waals surface area contributed by atoms with E-state index in [1.165, 1.54) is 4.90 Å². The number of carbonyl (C=O) groups excluding carboxylic acids is 2. The van der Waals surface area contributed by atoms with Crippen LogP contribution in [-0.2, 0) is 21.6 Å². The van der Waals surface area contributed by atoms with Gasteiger partial charge in [-0.15, -0.1) is 0 Å². The topological polar surface area (TPSA) is 78.9 Å². The minimum atomic E-state index is -0.721. The Kier molecular flexibility index (Phi) is 6.65. The highest BCUT2D eigenvalue weighted by Gasteiger charge is 2.46. The molecule has 154 valence electrons. The first-order chi connectivity index (χ1) is 13.7. The number of ether oxygens (including phenoxy) is 1. The maximum Gasteiger partial charge on any atom is 0.265 e. The summed E-state index contributed by atoms with van der Waals surface area (Å²) < 4.78 is 7.82. The number of halogens is 2. The number of nitrogens with zero attached hydrogens (tertiary/aromatic N) is 1. The van der Waals surface area contributed by atoms with Gasteiger partial charge in [0.05, 0.1) is 5.41 Å². The highest BCUT2D eigenvalue weighted by Crippen LogP contribution is 2.37. The van der Waals surface area contributed by atoms with Crippen molar-refractivity contribution in [2.45, 2.75) is 38.3 Å². The molecular formula is C21H22Br2N2O4. The number of likely N-dealkylation sites (tertiary alicyclic amines) is 1. The minimum Gasteiger partial charge on any atom is -0.489 e. The van der Waals surface area contributed by atoms with Crippen molar-refractivity contribution >= 4 is 43.7 Å². The molecule has 1 aliphatic heterocycles. The van der Waals surface area contributed by atoms with Crippen LogP contribution < -0.4 is 10.2 Å². The van der Waals surface area contributed by atoms with E-state index in [1.807, 2.05) is 49.4 Å². The maximum absolute atomic E-state index is 13.0. The molecule has 0 bridgehead atoms. The van der Waals surface area contributed by atoms with Gasteiger partial charge in [-0.2, -0.15) is 0 Å². The molecule has 1 aliphatic rings. The zero-order chi connectivity index (χ0) is 21.2. The van der Waals surface area contributed by atoms with Crippen molar-refractivity contribution in [3.8, 4) is 5.75 Å². The Morgan fingerprint density at radius 3 is 2.45 bits per heavy atom. The predicted molar refractivity (Wildman–Crippen MR) is 116 cm³/mol. The Balaban J connectivity index is 1.69. The molecular weight excluding hydrogens is 504 g/mol. The molecule has 8 heteroatoms. The standard InChI is InChI=1S/C21H22Br2N2O4/c1-13(19(26)24-28)25-8-7-21(2,20(25)27)15-3-5-18(6-4-15)29-12-14-9-16(22)11-17(23)10-14/h3-6,9-11,13,28H,7-8,12H2,1-2H3,(H,24,26). The summed E-state index contributed by atoms with van der Waals surface area (Å²) >= 11 is 6.93. The molecule has 2 N–H and O–H groups in total. The number of hydroxylamine groups is 1. The lowest BCUT2D eigenvalue weighted by atomic mass is 9.81. The van der Waals surface area contributed by atoms with Crippen LogP contribution in [0.4, 0.5) is 0 Å². The molecule has 2 amide bonds. The van der Waals surface area contributed by atoms with Crippen molar-refractivity contribution in [1.29, 1.82) is 0 Å². The average Bonchev–Trinajstić information content (AvgIpc) is 3.00. The second kappa shape index (κ2) is 8.85. The third kappa shape index (κ3) is 4.65. The van der Waals surface area contributed by atoms with Gasteiger partial charge in [-0.1, -0.05) is 44.0 Å². The largest absolute Gasteiger partial charge is 0.489 e. The van der Waals surface area contributed by atoms with Gasteiger partial charge in [0.2, 0.25) is 5.91 Å². The highest BCUT2D eigenvalue weighted by atomic mass is 79.9. The third-order valence-electron chi connectivity index (χ3n) is 5.36. The Morgan fingerprint density at radius 1 is 1.24 bits per heavy atom. The van der Waals surface area contributed by atoms with E-state index < -0.39 is 17.4 Å². The van der Waals surface area contributed by atoms with Crippen LogP contribution in [0, 0.1) is 0 Å². The zero-order valence-electron chi connectivity index (χ0n) is 16.1. The number of nitrogens with one attached hydrogen (secondary N) is 1. The van der Waals surface area contributed by atoms with E-state index in [0.29, 0.717) is 25.3 Å². The number of hydrogen-bond donors (Lipinski definition) is 2. The Hall–Kier alpha value is -1.90. The van der Waals surface area contributed by atoms with Crippen molar-refractivity contribution in [2.75, 3.05) is 6.54 Å². The quantitative estimate of drug-likeness (QED) is 0.438. The monoisotopic (exact) mass is 524 g/mol. The van der Waals surface area contributed by atoms with Crippen LogP contribution >= 0.6 is 31.9 Å². The highest BCUT2D eigenvalue weighted by molar-refractivity contribution is 9.11. The molecule has 0 aliphatic carbocycles. The van der Waals surface area contributed by atoms with Gasteiger partial charge in [-0.3, -0.25) is 14.8 Å². The molecule has 2 atom stereocenters. The fourth-order valence-electron chi connectivity index (χ4n) is 3.52. The smallest absolute Gasteiger partial charge is 0.265 e. The molecule has 1 saturated heterocycles. The fourth-order valence-corrected chi connectivity index (χ4v) is 4.91. The third-order valence-corrected chi connectivity index (χ3v) is 6.28. The first-order valence-corrected chi connectivity index (χ1v) is 10.8. The summed E-state index contributed by atoms with van der Waals surface area (Å²) in [4.78, 5) is 26.2. The molecule has 29 heavy (non-hydrogen) atoms. The Labute approximate surface area is 186 Å². The number of rotatable bonds is 6. The van der Waals surface area contributed by atoms with Crippen molar-refractivity contribution in [3.63, 3.8) is 0 Å². The van der Waals surface area contributed by atoms with Gasteiger partial charge in [-0.05, 0) is 61.7 Å². The number of hydrogen-bond acceptors (Lipinski definition) is 4. The molecule has 0 saturated carbocycles. The molecule has 0 radical (unpaired) electrons. The van der Waals surface area contributed by atoms with Gasteiger partial charge in [0.15, 0.2) is 0 Å². The predicted octanol–water partition coefficient (Wildman–Crippen LogP) is 4.17. The molecule has 3 rings (SSSR count). The lowest BCUT2D eigenvalue weighted by molar-refractivity contribution is -0.143. The lowest BCUT2D eigenvalue weighted by Crippen LogP contribution is -2.47. The SMILES string of the molecule is CC(C(=O)NO)N1CCC(C)(c2ccc(OCc3cc(Br)cc(Br)c3)cc2)C1=O. The van der Waals surface area contributed by atoms with Crippen LogP contribution in [0.1, 0.15) is 31.4 Å². The molecule has 2 unspecified atom stereocenters. The zero-order valence-corrected chi connectivity index (χ0v) is 19.3. The average molecular weight is 526 g/mol. The summed E-state index contributed by atoms with van der Waals surface area (Å²) in [6.45, 7) is 4.37. The summed E-state index contributed by atoms with van der Waals surface area (Å²) in [5.74, 6) is -0.00411. The van der Waals surface area contributed by atoms with Crippen molar-refractivity contribution in [2.24, 2.45) is 0 Å². The van der Waals surface area contributed by atoms with Gasteiger partial charge in [0.25, 0.3) is 5.91 Å². The van der Waals surface area contributed by atoms with E-state index in [1.54, 1.807) is 12.4 Å². The summed E-state index contributed by atoms with van der Waals surface area (Å²) in [6, 6.07) is 12.7. The van der Waals surface area contributed by atoms with Crippen molar-refractivity contribution < 1.29 is 19.5 Å². The summed E-state index contributed by atoms with van der Waals surface area (Å²) in [6.07, 6.45) is 0.598. The molecule has 1 heterocycles. The van der Waals surface area contributed by atoms with E-state index in [4.69, 9.17) is 9.94 Å². The Bertz CT molecular complexity index is 899. The van der Waals surface area contributed by atoms with Crippen molar-refractivity contribution in [1.82, 2.24) is 10.4 Å². The number of amides is 2. The summed E-state index contributed by atoms with van der Waals surface area (Å²) in [7, 11) is 0. The van der Waals surface area contributed by atoms with Crippen LogP contribution in [0.2, 0.25) is 0 Å². The first-order valence-electron chi connectivity index (χ1n) is 9.18. The second-order valence-electron chi connectivity index (χ2n) is 7.32. The lowest BCUT2D eigenvalue weighted by Gasteiger charge is -2.27. The van der Waals surface area contributed by atoms with E-state index in [-0.39, 0.29) is 5.91 Å². The van der Waals surface area contributed by atoms with Gasteiger partial charge in [0.1, 0.15) is 18.4 Å². The molecule has 0 spiro atoms. The van der Waals surface area contributed by atoms with E-state index in [0.717, 1.165) is 20.1 Å². The normalized spacial score (nSPS) is 19.9. The van der Waals surface area contributed by atoms with Gasteiger partial charge in [-0.25, -0.2) is 5.48 Å². The summed E-state index contributed by atoms with van der Waals surface area (Å²) in [5, 5.41) is 8.84. The van der Waals surface area contributed by atoms with Crippen LogP contribution in [0.5, 0.6) is 5.75 Å². The fraction of sp³-hybridized carbons (Fsp3) is 0.333. The molecule has 2 aromatic carbocycles. The summed E-state index contributed by atoms with van der Waals surface area (Å²) in [5.41, 5.74) is 2.81. The van der Waals surface area contributed by atoms with Crippen LogP contribution in [0.25, 0.3) is 0 Å². The van der Waals surface area contributed by atoms with Gasteiger partial charge < -0.3 is 9.64 Å². The number of benzene rings is 2. The molecule has 0 aromatic heterocycles. The van der Waals surface area contributed by atoms with E-state index >= 15 is 0 Å².